The number of carbonyl (C=O) groups is 4. The summed E-state index contributed by atoms with van der Waals surface area (Å²) in [4.78, 5) is 59.4. The van der Waals surface area contributed by atoms with Gasteiger partial charge in [-0.2, -0.15) is 5.26 Å². The van der Waals surface area contributed by atoms with Gasteiger partial charge in [0.05, 0.1) is 22.4 Å². The van der Waals surface area contributed by atoms with Crippen LogP contribution in [0, 0.1) is 17.2 Å². The predicted molar refractivity (Wildman–Crippen MR) is 223 cm³/mol. The average Bonchev–Trinajstić information content (AvgIpc) is 4.13. The average molecular weight is 852 g/mol. The van der Waals surface area contributed by atoms with Crippen LogP contribution in [0.5, 0.6) is 5.75 Å². The van der Waals surface area contributed by atoms with Crippen LogP contribution < -0.4 is 14.9 Å². The van der Waals surface area contributed by atoms with Gasteiger partial charge in [0, 0.05) is 23.2 Å². The molecule has 5 fully saturated rings. The first kappa shape index (κ1) is 40.3. The Balaban J connectivity index is 0.907. The van der Waals surface area contributed by atoms with Gasteiger partial charge in [0.2, 0.25) is 17.7 Å². The van der Waals surface area contributed by atoms with E-state index in [1.54, 1.807) is 47.4 Å². The van der Waals surface area contributed by atoms with Crippen LogP contribution >= 0.6 is 18.9 Å². The molecular weight excluding hydrogens is 805 g/mol. The van der Waals surface area contributed by atoms with Crippen molar-refractivity contribution in [3.63, 3.8) is 0 Å². The minimum absolute atomic E-state index is 0.0265. The zero-order chi connectivity index (χ0) is 41.8. The quantitative estimate of drug-likeness (QED) is 0.107. The minimum atomic E-state index is -4.44. The van der Waals surface area contributed by atoms with Gasteiger partial charge in [-0.25, -0.2) is 9.48 Å². The van der Waals surface area contributed by atoms with Crippen molar-refractivity contribution in [3.8, 4) is 11.8 Å². The Morgan fingerprint density at radius 2 is 1.70 bits per heavy atom. The lowest BCUT2D eigenvalue weighted by Crippen LogP contribution is -2.56. The Bertz CT molecular complexity index is 2400. The molecule has 0 bridgehead atoms. The van der Waals surface area contributed by atoms with Gasteiger partial charge in [0.15, 0.2) is 0 Å². The summed E-state index contributed by atoms with van der Waals surface area (Å²) >= 11 is 1.18. The summed E-state index contributed by atoms with van der Waals surface area (Å²) in [6.07, 6.45) is 5.92. The number of nitrogens with zero attached hydrogens (tertiary/aromatic N) is 3. The summed E-state index contributed by atoms with van der Waals surface area (Å²) in [6, 6.07) is 24.1. The number of fused-ring (bicyclic) bond motifs is 2. The summed E-state index contributed by atoms with van der Waals surface area (Å²) in [5.41, 5.74) is 0.552. The Labute approximate surface area is 351 Å². The highest BCUT2D eigenvalue weighted by molar-refractivity contribution is 7.57. The van der Waals surface area contributed by atoms with E-state index in [-0.39, 0.29) is 47.1 Å². The molecule has 2 saturated carbocycles. The molecule has 4 aromatic rings. The Hall–Kier alpha value is -5.09. The first-order valence-electron chi connectivity index (χ1n) is 20.9. The molecule has 1 aromatic heterocycles. The Morgan fingerprint density at radius 3 is 2.40 bits per heavy atom. The lowest BCUT2D eigenvalue weighted by Gasteiger charge is -2.35. The van der Waals surface area contributed by atoms with E-state index in [2.05, 4.69) is 16.5 Å². The van der Waals surface area contributed by atoms with E-state index < -0.39 is 49.0 Å². The molecule has 60 heavy (non-hydrogen) atoms. The highest BCUT2D eigenvalue weighted by atomic mass is 32.1. The van der Waals surface area contributed by atoms with Crippen molar-refractivity contribution in [1.82, 2.24) is 20.2 Å². The van der Waals surface area contributed by atoms with E-state index in [1.165, 1.54) is 30.4 Å². The van der Waals surface area contributed by atoms with Gasteiger partial charge in [-0.05, 0) is 112 Å². The second-order valence-corrected chi connectivity index (χ2v) is 20.0. The van der Waals surface area contributed by atoms with E-state index in [9.17, 15) is 29.0 Å². The number of amides is 3. The van der Waals surface area contributed by atoms with Gasteiger partial charge in [0.1, 0.15) is 30.0 Å². The van der Waals surface area contributed by atoms with Crippen molar-refractivity contribution in [2.75, 3.05) is 6.54 Å². The molecule has 15 heteroatoms. The smallest absolute Gasteiger partial charge is 0.355 e. The van der Waals surface area contributed by atoms with Crippen LogP contribution in [0.15, 0.2) is 84.9 Å². The van der Waals surface area contributed by atoms with Gasteiger partial charge in [0.25, 0.3) is 5.91 Å². The molecule has 1 spiro atoms. The zero-order valence-corrected chi connectivity index (χ0v) is 34.9. The number of hydrogen-bond acceptors (Lipinski definition) is 9. The van der Waals surface area contributed by atoms with Crippen molar-refractivity contribution >= 4 is 52.6 Å². The number of para-hydroxylation sites is 1. The Morgan fingerprint density at radius 1 is 0.967 bits per heavy atom. The third kappa shape index (κ3) is 7.61. The van der Waals surface area contributed by atoms with Crippen LogP contribution in [-0.2, 0) is 23.7 Å². The molecule has 2 unspecified atom stereocenters. The maximum atomic E-state index is 16.6. The fourth-order valence-electron chi connectivity index (χ4n) is 9.47. The number of likely N-dealkylation sites (tertiary alicyclic amines) is 1. The van der Waals surface area contributed by atoms with Gasteiger partial charge in [-0.1, -0.05) is 54.6 Å². The number of hydrogen-bond donors (Lipinski definition) is 2. The van der Waals surface area contributed by atoms with Crippen molar-refractivity contribution in [2.24, 2.45) is 5.92 Å². The first-order chi connectivity index (χ1) is 29.0. The molecule has 8 atom stereocenters. The van der Waals surface area contributed by atoms with Crippen LogP contribution in [0.4, 0.5) is 4.39 Å². The number of thiophene rings is 1. The lowest BCUT2D eigenvalue weighted by molar-refractivity contribution is -0.147. The maximum absolute atomic E-state index is 16.6. The number of benzene rings is 3. The van der Waals surface area contributed by atoms with Gasteiger partial charge >= 0.3 is 13.5 Å². The normalized spacial score (nSPS) is 26.4. The van der Waals surface area contributed by atoms with E-state index in [4.69, 9.17) is 9.26 Å². The Kier molecular flexibility index (Phi) is 10.8. The molecule has 9 rings (SSSR count). The molecule has 3 amide bonds. The molecule has 312 valence electrons. The molecule has 0 radical (unpaired) electrons. The fourth-order valence-corrected chi connectivity index (χ4v) is 12.3. The number of nitriles is 1. The van der Waals surface area contributed by atoms with Crippen LogP contribution in [0.2, 0.25) is 0 Å². The second-order valence-electron chi connectivity index (χ2n) is 16.9. The first-order valence-corrected chi connectivity index (χ1v) is 23.4. The predicted octanol–water partition coefficient (Wildman–Crippen LogP) is 7.77. The third-order valence-electron chi connectivity index (χ3n) is 12.8. The minimum Gasteiger partial charge on any atom is -0.461 e. The largest absolute Gasteiger partial charge is 0.461 e. The molecule has 3 aromatic carbocycles. The zero-order valence-electron chi connectivity index (χ0n) is 33.2. The third-order valence-corrected chi connectivity index (χ3v) is 16.1. The number of halogens is 1. The van der Waals surface area contributed by atoms with Crippen LogP contribution in [0.1, 0.15) is 97.3 Å². The fraction of sp³-hybridized carbons (Fsp3) is 0.444. The molecule has 4 heterocycles. The lowest BCUT2D eigenvalue weighted by atomic mass is 9.85. The van der Waals surface area contributed by atoms with E-state index in [0.717, 1.165) is 37.7 Å². The summed E-state index contributed by atoms with van der Waals surface area (Å²) < 4.78 is 42.7. The number of rotatable bonds is 12. The number of nitrogens with one attached hydrogen (secondary N) is 2. The van der Waals surface area contributed by atoms with E-state index in [1.807, 2.05) is 35.2 Å². The highest BCUT2D eigenvalue weighted by Gasteiger charge is 2.64. The number of ether oxygens (including phenoxy) is 1. The summed E-state index contributed by atoms with van der Waals surface area (Å²) in [5.74, 6) is -3.95. The molecule has 2 aliphatic carbocycles. The molecular formula is C45H47FN5O7PS. The molecule has 3 saturated heterocycles. The second kappa shape index (κ2) is 16.1. The van der Waals surface area contributed by atoms with Gasteiger partial charge < -0.3 is 24.4 Å². The molecule has 12 nitrogen and oxygen atoms in total. The van der Waals surface area contributed by atoms with E-state index in [0.29, 0.717) is 47.2 Å². The van der Waals surface area contributed by atoms with E-state index >= 15 is 4.39 Å². The molecule has 2 N–H and O–H groups in total. The van der Waals surface area contributed by atoms with Crippen LogP contribution in [-0.4, -0.2) is 75.8 Å². The van der Waals surface area contributed by atoms with Gasteiger partial charge in [-0.3, -0.25) is 23.7 Å². The van der Waals surface area contributed by atoms with Crippen molar-refractivity contribution < 1.29 is 37.4 Å². The van der Waals surface area contributed by atoms with Crippen molar-refractivity contribution in [2.45, 2.75) is 112 Å². The topological polar surface area (TPSA) is 158 Å². The highest BCUT2D eigenvalue weighted by Crippen LogP contribution is 2.59. The number of esters is 1. The number of alkyl halides is 1. The standard InChI is InChI=1S/C45H47FN5O7PS/c1-27(44(55)57-32-17-18-32)49-59(56,58-33-12-6-3-7-13-33)40(46)29-15-20-38-30(23-29)24-39(60-38)41(52)48-36-14-8-11-31-16-19-37(51(31)42(36)53)43(54)50-26-34(28-9-4-2-5-10-28)35(25-47)45(50)21-22-45/h2-7,9-10,12-13,15,20,23-24,27,31-32,34-37,40H,8,11,14,16-19,21-22,26H2,1H3,(H,48,52)(H,49,56)/t27-,31-,34+,35+,36?,37-,40-,59?/m0/s1. The van der Waals surface area contributed by atoms with Crippen molar-refractivity contribution in [3.05, 3.63) is 101 Å². The van der Waals surface area contributed by atoms with Crippen LogP contribution in [0.3, 0.4) is 0 Å². The summed E-state index contributed by atoms with van der Waals surface area (Å²) in [5, 5.41) is 16.4. The van der Waals surface area contributed by atoms with Crippen molar-refractivity contribution in [1.29, 1.82) is 5.26 Å². The summed E-state index contributed by atoms with van der Waals surface area (Å²) in [7, 11) is -4.44. The summed E-state index contributed by atoms with van der Waals surface area (Å²) in [6.45, 7) is 1.89. The number of carbonyl (C=O) groups excluding carboxylic acids is 4. The SMILES string of the molecule is C[C@H](NP(=O)(Oc1ccccc1)[C@H](F)c1ccc2sc(C(=O)NC3CCC[C@H]4CC[C@@H](C(=O)N5C[C@H](c6ccccc6)[C@@H](C#N)C56CC6)N4C3=O)cc2c1)C(=O)OC1CC1. The molecule has 3 aliphatic heterocycles. The molecule has 5 aliphatic rings. The van der Waals surface area contributed by atoms with Gasteiger partial charge in [-0.15, -0.1) is 11.3 Å². The van der Waals surface area contributed by atoms with Crippen LogP contribution in [0.25, 0.3) is 10.1 Å². The maximum Gasteiger partial charge on any atom is 0.355 e. The monoisotopic (exact) mass is 851 g/mol.